The first-order valence-corrected chi connectivity index (χ1v) is 8.74. The molecule has 1 aliphatic rings. The van der Waals surface area contributed by atoms with Crippen molar-refractivity contribution in [2.75, 3.05) is 19.0 Å². The molecule has 2 rings (SSSR count). The van der Waals surface area contributed by atoms with E-state index in [1.54, 1.807) is 24.3 Å². The Morgan fingerprint density at radius 2 is 2.05 bits per heavy atom. The van der Waals surface area contributed by atoms with Crippen LogP contribution in [0.3, 0.4) is 0 Å². The highest BCUT2D eigenvalue weighted by Gasteiger charge is 2.20. The molecule has 0 aromatic heterocycles. The largest absolute Gasteiger partial charge is 0.353 e. The Kier molecular flexibility index (Phi) is 5.57. The van der Waals surface area contributed by atoms with Crippen molar-refractivity contribution in [3.63, 3.8) is 0 Å². The summed E-state index contributed by atoms with van der Waals surface area (Å²) in [6.45, 7) is 3.04. The number of hydrogen-bond donors (Lipinski definition) is 0. The molecule has 112 valence electrons. The van der Waals surface area contributed by atoms with Crippen molar-refractivity contribution < 1.29 is 17.9 Å². The van der Waals surface area contributed by atoms with Crippen molar-refractivity contribution in [2.24, 2.45) is 5.92 Å². The Labute approximate surface area is 121 Å². The number of sulfone groups is 1. The molecule has 1 aromatic carbocycles. The zero-order valence-corrected chi connectivity index (χ0v) is 12.6. The molecule has 4 nitrogen and oxygen atoms in total. The molecular weight excluding hydrogens is 276 g/mol. The van der Waals surface area contributed by atoms with Gasteiger partial charge in [0, 0.05) is 6.61 Å². The average molecular weight is 298 g/mol. The van der Waals surface area contributed by atoms with E-state index in [9.17, 15) is 8.42 Å². The molecule has 0 saturated carbocycles. The lowest BCUT2D eigenvalue weighted by Gasteiger charge is -2.24. The molecule has 1 heterocycles. The Morgan fingerprint density at radius 1 is 1.30 bits per heavy atom. The van der Waals surface area contributed by atoms with E-state index in [2.05, 4.69) is 0 Å². The van der Waals surface area contributed by atoms with E-state index in [-0.39, 0.29) is 18.0 Å². The Bertz CT molecular complexity index is 492. The van der Waals surface area contributed by atoms with Crippen molar-refractivity contribution in [2.45, 2.75) is 37.4 Å². The van der Waals surface area contributed by atoms with Gasteiger partial charge in [0.1, 0.15) is 0 Å². The van der Waals surface area contributed by atoms with E-state index in [0.29, 0.717) is 11.5 Å². The Balaban J connectivity index is 1.83. The number of hydrogen-bond acceptors (Lipinski definition) is 4. The van der Waals surface area contributed by atoms with Crippen molar-refractivity contribution in [3.05, 3.63) is 30.3 Å². The van der Waals surface area contributed by atoms with E-state index < -0.39 is 9.84 Å². The van der Waals surface area contributed by atoms with Gasteiger partial charge in [-0.15, -0.1) is 0 Å². The average Bonchev–Trinajstić information content (AvgIpc) is 2.47. The SMILES string of the molecule is CC(COC1CCCCO1)CS(=O)(=O)c1ccccc1. The summed E-state index contributed by atoms with van der Waals surface area (Å²) in [7, 11) is -3.23. The van der Waals surface area contributed by atoms with Crippen molar-refractivity contribution >= 4 is 9.84 Å². The first-order valence-electron chi connectivity index (χ1n) is 7.09. The third-order valence-electron chi connectivity index (χ3n) is 3.31. The second-order valence-corrected chi connectivity index (χ2v) is 7.36. The highest BCUT2D eigenvalue weighted by Crippen LogP contribution is 2.17. The van der Waals surface area contributed by atoms with Crippen LogP contribution in [0.15, 0.2) is 35.2 Å². The maximum atomic E-state index is 12.2. The Hall–Kier alpha value is -0.910. The van der Waals surface area contributed by atoms with Crippen molar-refractivity contribution in [3.8, 4) is 0 Å². The molecule has 0 aliphatic carbocycles. The molecule has 20 heavy (non-hydrogen) atoms. The fraction of sp³-hybridized carbons (Fsp3) is 0.600. The van der Waals surface area contributed by atoms with Gasteiger partial charge in [0.2, 0.25) is 0 Å². The zero-order chi connectivity index (χ0) is 14.4. The maximum Gasteiger partial charge on any atom is 0.178 e. The van der Waals surface area contributed by atoms with Gasteiger partial charge in [-0.3, -0.25) is 0 Å². The summed E-state index contributed by atoms with van der Waals surface area (Å²) < 4.78 is 35.5. The molecule has 2 atom stereocenters. The zero-order valence-electron chi connectivity index (χ0n) is 11.8. The number of benzene rings is 1. The summed E-state index contributed by atoms with van der Waals surface area (Å²) in [5, 5.41) is 0. The van der Waals surface area contributed by atoms with Gasteiger partial charge in [0.05, 0.1) is 17.3 Å². The van der Waals surface area contributed by atoms with Crippen LogP contribution in [-0.4, -0.2) is 33.7 Å². The summed E-state index contributed by atoms with van der Waals surface area (Å²) in [4.78, 5) is 0.376. The van der Waals surface area contributed by atoms with Crippen LogP contribution in [-0.2, 0) is 19.3 Å². The predicted octanol–water partition coefficient (Wildman–Crippen LogP) is 2.64. The van der Waals surface area contributed by atoms with Crippen LogP contribution in [0, 0.1) is 5.92 Å². The molecule has 1 saturated heterocycles. The number of rotatable bonds is 6. The van der Waals surface area contributed by atoms with E-state index in [4.69, 9.17) is 9.47 Å². The van der Waals surface area contributed by atoms with E-state index in [1.807, 2.05) is 13.0 Å². The minimum absolute atomic E-state index is 0.0502. The van der Waals surface area contributed by atoms with Crippen molar-refractivity contribution in [1.29, 1.82) is 0 Å². The van der Waals surface area contributed by atoms with Gasteiger partial charge in [-0.2, -0.15) is 0 Å². The predicted molar refractivity (Wildman–Crippen MR) is 77.2 cm³/mol. The molecule has 1 fully saturated rings. The first kappa shape index (κ1) is 15.5. The molecule has 0 amide bonds. The summed E-state index contributed by atoms with van der Waals surface area (Å²) in [5.41, 5.74) is 0. The second-order valence-electron chi connectivity index (χ2n) is 5.33. The summed E-state index contributed by atoms with van der Waals surface area (Å²) in [6, 6.07) is 8.56. The Morgan fingerprint density at radius 3 is 2.70 bits per heavy atom. The smallest absolute Gasteiger partial charge is 0.178 e. The van der Waals surface area contributed by atoms with Gasteiger partial charge in [-0.05, 0) is 37.3 Å². The third kappa shape index (κ3) is 4.58. The van der Waals surface area contributed by atoms with Gasteiger partial charge < -0.3 is 9.47 Å². The van der Waals surface area contributed by atoms with E-state index in [0.717, 1.165) is 25.9 Å². The summed E-state index contributed by atoms with van der Waals surface area (Å²) in [5.74, 6) is 0.0507. The lowest BCUT2D eigenvalue weighted by molar-refractivity contribution is -0.167. The molecule has 0 radical (unpaired) electrons. The lowest BCUT2D eigenvalue weighted by Crippen LogP contribution is -2.26. The highest BCUT2D eigenvalue weighted by atomic mass is 32.2. The number of ether oxygens (including phenoxy) is 2. The standard InChI is InChI=1S/C15H22O4S/c1-13(11-19-15-9-5-6-10-18-15)12-20(16,17)14-7-3-2-4-8-14/h2-4,7-8,13,15H,5-6,9-12H2,1H3. The van der Waals surface area contributed by atoms with E-state index in [1.165, 1.54) is 0 Å². The van der Waals surface area contributed by atoms with Gasteiger partial charge >= 0.3 is 0 Å². The van der Waals surface area contributed by atoms with Crippen LogP contribution >= 0.6 is 0 Å². The van der Waals surface area contributed by atoms with Gasteiger partial charge in [-0.25, -0.2) is 8.42 Å². The molecule has 5 heteroatoms. The molecule has 0 spiro atoms. The summed E-state index contributed by atoms with van der Waals surface area (Å²) in [6.07, 6.45) is 2.93. The monoisotopic (exact) mass is 298 g/mol. The van der Waals surface area contributed by atoms with Crippen LogP contribution in [0.2, 0.25) is 0 Å². The fourth-order valence-electron chi connectivity index (χ4n) is 2.26. The van der Waals surface area contributed by atoms with Crippen LogP contribution < -0.4 is 0 Å². The second kappa shape index (κ2) is 7.20. The molecule has 1 aromatic rings. The molecule has 0 N–H and O–H groups in total. The quantitative estimate of drug-likeness (QED) is 0.810. The van der Waals surface area contributed by atoms with Crippen molar-refractivity contribution in [1.82, 2.24) is 0 Å². The minimum atomic E-state index is -3.23. The van der Waals surface area contributed by atoms with Crippen LogP contribution in [0.25, 0.3) is 0 Å². The first-order chi connectivity index (χ1) is 9.58. The van der Waals surface area contributed by atoms with E-state index >= 15 is 0 Å². The third-order valence-corrected chi connectivity index (χ3v) is 5.31. The minimum Gasteiger partial charge on any atom is -0.353 e. The van der Waals surface area contributed by atoms with Crippen LogP contribution in [0.5, 0.6) is 0 Å². The molecule has 2 unspecified atom stereocenters. The fourth-order valence-corrected chi connectivity index (χ4v) is 3.87. The topological polar surface area (TPSA) is 52.6 Å². The molecular formula is C15H22O4S. The van der Waals surface area contributed by atoms with Crippen LogP contribution in [0.4, 0.5) is 0 Å². The molecule has 0 bridgehead atoms. The lowest BCUT2D eigenvalue weighted by atomic mass is 10.2. The van der Waals surface area contributed by atoms with Gasteiger partial charge in [0.15, 0.2) is 16.1 Å². The van der Waals surface area contributed by atoms with Crippen LogP contribution in [0.1, 0.15) is 26.2 Å². The molecule has 1 aliphatic heterocycles. The van der Waals surface area contributed by atoms with Gasteiger partial charge in [0.25, 0.3) is 0 Å². The van der Waals surface area contributed by atoms with Gasteiger partial charge in [-0.1, -0.05) is 25.1 Å². The summed E-state index contributed by atoms with van der Waals surface area (Å²) >= 11 is 0. The normalized spacial score (nSPS) is 21.6. The highest BCUT2D eigenvalue weighted by molar-refractivity contribution is 7.91. The maximum absolute atomic E-state index is 12.2.